The molecule has 1 unspecified atom stereocenters. The third kappa shape index (κ3) is 5.57. The first-order valence-corrected chi connectivity index (χ1v) is 9.99. The number of nitrogens with two attached hydrogens (primary N) is 1. The Labute approximate surface area is 154 Å². The highest BCUT2D eigenvalue weighted by atomic mass is 32.2. The van der Waals surface area contributed by atoms with E-state index in [0.717, 1.165) is 6.42 Å². The second-order valence-electron chi connectivity index (χ2n) is 6.53. The summed E-state index contributed by atoms with van der Waals surface area (Å²) in [5.41, 5.74) is 6.57. The molecule has 0 heterocycles. The van der Waals surface area contributed by atoms with E-state index in [4.69, 9.17) is 5.73 Å². The van der Waals surface area contributed by atoms with Crippen LogP contribution >= 0.6 is 0 Å². The molecule has 0 fully saturated rings. The van der Waals surface area contributed by atoms with Crippen LogP contribution in [-0.4, -0.2) is 26.9 Å². The molecule has 26 heavy (non-hydrogen) atoms. The molecule has 0 saturated carbocycles. The van der Waals surface area contributed by atoms with Gasteiger partial charge in [-0.2, -0.15) is 0 Å². The number of nitrogens with one attached hydrogen (secondary N) is 2. The van der Waals surface area contributed by atoms with Gasteiger partial charge in [-0.3, -0.25) is 9.52 Å². The number of anilines is 1. The average molecular weight is 375 g/mol. The number of benzene rings is 2. The molecule has 0 spiro atoms. The monoisotopic (exact) mass is 375 g/mol. The molecule has 0 aliphatic heterocycles. The van der Waals surface area contributed by atoms with Crippen LogP contribution in [-0.2, 0) is 10.0 Å². The summed E-state index contributed by atoms with van der Waals surface area (Å²) in [7, 11) is -3.70. The second kappa shape index (κ2) is 8.82. The number of carbonyl (C=O) groups is 1. The van der Waals surface area contributed by atoms with Gasteiger partial charge in [0.1, 0.15) is 0 Å². The van der Waals surface area contributed by atoms with E-state index in [1.807, 2.05) is 0 Å². The maximum absolute atomic E-state index is 12.4. The largest absolute Gasteiger partial charge is 0.348 e. The first kappa shape index (κ1) is 19.9. The smallest absolute Gasteiger partial charge is 0.261 e. The van der Waals surface area contributed by atoms with Crippen molar-refractivity contribution in [2.45, 2.75) is 31.2 Å². The molecule has 140 valence electrons. The Morgan fingerprint density at radius 2 is 1.65 bits per heavy atom. The van der Waals surface area contributed by atoms with Gasteiger partial charge in [0.2, 0.25) is 0 Å². The topological polar surface area (TPSA) is 101 Å². The molecule has 6 nitrogen and oxygen atoms in total. The van der Waals surface area contributed by atoms with Gasteiger partial charge in [-0.1, -0.05) is 32.0 Å². The maximum atomic E-state index is 12.4. The Balaban J connectivity index is 2.08. The highest BCUT2D eigenvalue weighted by Crippen LogP contribution is 2.16. The van der Waals surface area contributed by atoms with Crippen molar-refractivity contribution < 1.29 is 13.2 Å². The zero-order valence-electron chi connectivity index (χ0n) is 15.0. The van der Waals surface area contributed by atoms with E-state index in [0.29, 0.717) is 23.7 Å². The Hall–Kier alpha value is -2.38. The Morgan fingerprint density at radius 3 is 2.19 bits per heavy atom. The zero-order chi connectivity index (χ0) is 19.2. The van der Waals surface area contributed by atoms with Crippen LogP contribution in [0.2, 0.25) is 0 Å². The van der Waals surface area contributed by atoms with Crippen LogP contribution in [0.4, 0.5) is 5.69 Å². The molecule has 0 saturated heterocycles. The third-order valence-electron chi connectivity index (χ3n) is 3.83. The fraction of sp³-hybridized carbons (Fsp3) is 0.316. The molecule has 2 aromatic carbocycles. The van der Waals surface area contributed by atoms with Crippen molar-refractivity contribution in [1.29, 1.82) is 0 Å². The van der Waals surface area contributed by atoms with E-state index < -0.39 is 10.0 Å². The Bertz CT molecular complexity index is 819. The molecule has 1 amide bonds. The van der Waals surface area contributed by atoms with E-state index in [1.165, 1.54) is 24.3 Å². The van der Waals surface area contributed by atoms with Gasteiger partial charge in [-0.15, -0.1) is 0 Å². The van der Waals surface area contributed by atoms with Crippen molar-refractivity contribution in [2.75, 3.05) is 11.3 Å². The predicted octanol–water partition coefficient (Wildman–Crippen LogP) is 2.59. The number of sulfonamides is 1. The van der Waals surface area contributed by atoms with Gasteiger partial charge in [0.05, 0.1) is 4.90 Å². The quantitative estimate of drug-likeness (QED) is 0.660. The summed E-state index contributed by atoms with van der Waals surface area (Å²) in [6.45, 7) is 4.49. The van der Waals surface area contributed by atoms with Gasteiger partial charge in [0, 0.05) is 23.8 Å². The summed E-state index contributed by atoms with van der Waals surface area (Å²) < 4.78 is 27.3. The summed E-state index contributed by atoms with van der Waals surface area (Å²) >= 11 is 0. The first-order valence-electron chi connectivity index (χ1n) is 8.50. The number of carbonyl (C=O) groups excluding carboxylic acids is 1. The number of amides is 1. The molecule has 7 heteroatoms. The molecule has 4 N–H and O–H groups in total. The average Bonchev–Trinajstić information content (AvgIpc) is 2.61. The van der Waals surface area contributed by atoms with Gasteiger partial charge in [-0.05, 0) is 48.7 Å². The standard InChI is InChI=1S/C19H25N3O3S/c1-14(2)12-17(13-20)21-19(23)15-8-10-18(11-9-15)26(24,25)22-16-6-4-3-5-7-16/h3-11,14,17,22H,12-13,20H2,1-2H3,(H,21,23). The van der Waals surface area contributed by atoms with E-state index in [1.54, 1.807) is 30.3 Å². The van der Waals surface area contributed by atoms with Gasteiger partial charge >= 0.3 is 0 Å². The van der Waals surface area contributed by atoms with Crippen LogP contribution in [0.3, 0.4) is 0 Å². The number of hydrogen-bond acceptors (Lipinski definition) is 4. The van der Waals surface area contributed by atoms with Crippen LogP contribution in [0.25, 0.3) is 0 Å². The fourth-order valence-electron chi connectivity index (χ4n) is 2.56. The predicted molar refractivity (Wildman–Crippen MR) is 103 cm³/mol. The van der Waals surface area contributed by atoms with Crippen LogP contribution in [0.5, 0.6) is 0 Å². The van der Waals surface area contributed by atoms with Crippen molar-refractivity contribution in [3.05, 3.63) is 60.2 Å². The van der Waals surface area contributed by atoms with Crippen molar-refractivity contribution in [3.8, 4) is 0 Å². The van der Waals surface area contributed by atoms with Gasteiger partial charge < -0.3 is 11.1 Å². The van der Waals surface area contributed by atoms with E-state index in [-0.39, 0.29) is 16.8 Å². The third-order valence-corrected chi connectivity index (χ3v) is 5.23. The summed E-state index contributed by atoms with van der Waals surface area (Å²) in [4.78, 5) is 12.4. The summed E-state index contributed by atoms with van der Waals surface area (Å²) in [5.74, 6) is 0.154. The second-order valence-corrected chi connectivity index (χ2v) is 8.21. The normalized spacial score (nSPS) is 12.6. The molecule has 0 aromatic heterocycles. The Morgan fingerprint density at radius 1 is 1.04 bits per heavy atom. The minimum Gasteiger partial charge on any atom is -0.348 e. The molecule has 2 rings (SSSR count). The summed E-state index contributed by atoms with van der Waals surface area (Å²) in [6.07, 6.45) is 0.787. The van der Waals surface area contributed by atoms with Gasteiger partial charge in [0.15, 0.2) is 0 Å². The van der Waals surface area contributed by atoms with Crippen LogP contribution in [0.1, 0.15) is 30.6 Å². The zero-order valence-corrected chi connectivity index (χ0v) is 15.8. The lowest BCUT2D eigenvalue weighted by Gasteiger charge is -2.19. The van der Waals surface area contributed by atoms with Crippen molar-refractivity contribution in [3.63, 3.8) is 0 Å². The Kier molecular flexibility index (Phi) is 6.76. The molecule has 1 atom stereocenters. The fourth-order valence-corrected chi connectivity index (χ4v) is 3.62. The molecule has 0 bridgehead atoms. The molecule has 0 radical (unpaired) electrons. The number of hydrogen-bond donors (Lipinski definition) is 3. The molecular formula is C19H25N3O3S. The highest BCUT2D eigenvalue weighted by molar-refractivity contribution is 7.92. The molecule has 2 aromatic rings. The van der Waals surface area contributed by atoms with Gasteiger partial charge in [0.25, 0.3) is 15.9 Å². The summed E-state index contributed by atoms with van der Waals surface area (Å²) in [6, 6.07) is 14.4. The SMILES string of the molecule is CC(C)CC(CN)NC(=O)c1ccc(S(=O)(=O)Nc2ccccc2)cc1. The number of para-hydroxylation sites is 1. The van der Waals surface area contributed by atoms with E-state index >= 15 is 0 Å². The van der Waals surface area contributed by atoms with Crippen molar-refractivity contribution in [2.24, 2.45) is 11.7 Å². The molecule has 0 aliphatic rings. The maximum Gasteiger partial charge on any atom is 0.261 e. The summed E-state index contributed by atoms with van der Waals surface area (Å²) in [5, 5.41) is 2.88. The van der Waals surface area contributed by atoms with Crippen LogP contribution < -0.4 is 15.8 Å². The highest BCUT2D eigenvalue weighted by Gasteiger charge is 2.17. The lowest BCUT2D eigenvalue weighted by molar-refractivity contribution is 0.0933. The van der Waals surface area contributed by atoms with E-state index in [9.17, 15) is 13.2 Å². The van der Waals surface area contributed by atoms with Crippen LogP contribution in [0.15, 0.2) is 59.5 Å². The van der Waals surface area contributed by atoms with Crippen LogP contribution in [0, 0.1) is 5.92 Å². The molecule has 0 aliphatic carbocycles. The minimum atomic E-state index is -3.70. The number of rotatable bonds is 8. The molecular weight excluding hydrogens is 350 g/mol. The lowest BCUT2D eigenvalue weighted by Crippen LogP contribution is -2.41. The minimum absolute atomic E-state index is 0.0930. The van der Waals surface area contributed by atoms with E-state index in [2.05, 4.69) is 23.9 Å². The van der Waals surface area contributed by atoms with Crippen molar-refractivity contribution in [1.82, 2.24) is 5.32 Å². The van der Waals surface area contributed by atoms with Crippen molar-refractivity contribution >= 4 is 21.6 Å². The lowest BCUT2D eigenvalue weighted by atomic mass is 10.0. The first-order chi connectivity index (χ1) is 12.3. The van der Waals surface area contributed by atoms with Gasteiger partial charge in [-0.25, -0.2) is 8.42 Å².